The molecule has 1 aliphatic heterocycles. The van der Waals surface area contributed by atoms with E-state index in [9.17, 15) is 9.59 Å². The molecule has 1 saturated heterocycles. The fourth-order valence-electron chi connectivity index (χ4n) is 3.61. The molecule has 20 heavy (non-hydrogen) atoms. The lowest BCUT2D eigenvalue weighted by atomic mass is 9.76. The molecule has 108 valence electrons. The molecule has 0 bridgehead atoms. The van der Waals surface area contributed by atoms with E-state index in [2.05, 4.69) is 4.98 Å². The molecule has 0 aromatic carbocycles. The Balaban J connectivity index is 1.64. The van der Waals surface area contributed by atoms with E-state index in [1.807, 2.05) is 17.7 Å². The van der Waals surface area contributed by atoms with E-state index in [1.165, 1.54) is 4.90 Å². The molecule has 2 fully saturated rings. The number of hydrogen-bond acceptors (Lipinski definition) is 3. The van der Waals surface area contributed by atoms with Gasteiger partial charge in [-0.05, 0) is 25.2 Å². The van der Waals surface area contributed by atoms with Crippen LogP contribution in [0, 0.1) is 12.3 Å². The summed E-state index contributed by atoms with van der Waals surface area (Å²) in [5.74, 6) is 0.941. The van der Waals surface area contributed by atoms with Crippen LogP contribution in [0.4, 0.5) is 0 Å². The van der Waals surface area contributed by atoms with Crippen LogP contribution in [-0.2, 0) is 16.1 Å². The Kier molecular flexibility index (Phi) is 3.36. The molecule has 3 rings (SSSR count). The number of imidazole rings is 1. The fourth-order valence-corrected chi connectivity index (χ4v) is 3.61. The van der Waals surface area contributed by atoms with Gasteiger partial charge in [0.1, 0.15) is 5.82 Å². The quantitative estimate of drug-likeness (QED) is 0.792. The van der Waals surface area contributed by atoms with E-state index in [-0.39, 0.29) is 17.2 Å². The molecule has 5 nitrogen and oxygen atoms in total. The molecule has 0 atom stereocenters. The maximum absolute atomic E-state index is 12.3. The zero-order chi connectivity index (χ0) is 14.2. The highest BCUT2D eigenvalue weighted by atomic mass is 16.2. The molecule has 2 amide bonds. The average Bonchev–Trinajstić information content (AvgIpc) is 2.99. The van der Waals surface area contributed by atoms with Crippen LogP contribution < -0.4 is 0 Å². The van der Waals surface area contributed by atoms with Crippen LogP contribution in [0.5, 0.6) is 0 Å². The maximum Gasteiger partial charge on any atom is 0.229 e. The second-order valence-corrected chi connectivity index (χ2v) is 6.17. The Hall–Kier alpha value is -1.65. The number of piperidine rings is 1. The zero-order valence-corrected chi connectivity index (χ0v) is 12.0. The lowest BCUT2D eigenvalue weighted by molar-refractivity contribution is -0.153. The Morgan fingerprint density at radius 2 is 1.80 bits per heavy atom. The molecular weight excluding hydrogens is 254 g/mol. The third-order valence-corrected chi connectivity index (χ3v) is 4.81. The molecule has 0 unspecified atom stereocenters. The number of hydrogen-bond donors (Lipinski definition) is 0. The summed E-state index contributed by atoms with van der Waals surface area (Å²) >= 11 is 0. The van der Waals surface area contributed by atoms with Gasteiger partial charge < -0.3 is 4.57 Å². The monoisotopic (exact) mass is 275 g/mol. The highest BCUT2D eigenvalue weighted by Crippen LogP contribution is 2.46. The number of likely N-dealkylation sites (tertiary alicyclic amines) is 1. The van der Waals surface area contributed by atoms with Crippen molar-refractivity contribution in [3.8, 4) is 0 Å². The first kappa shape index (κ1) is 13.3. The van der Waals surface area contributed by atoms with Gasteiger partial charge in [-0.2, -0.15) is 0 Å². The van der Waals surface area contributed by atoms with Crippen LogP contribution in [0.15, 0.2) is 12.4 Å². The summed E-state index contributed by atoms with van der Waals surface area (Å²) in [5.41, 5.74) is -0.00438. The van der Waals surface area contributed by atoms with Crippen molar-refractivity contribution in [3.63, 3.8) is 0 Å². The first-order valence-corrected chi connectivity index (χ1v) is 7.41. The molecule has 1 aromatic heterocycles. The van der Waals surface area contributed by atoms with Crippen LogP contribution in [-0.4, -0.2) is 32.8 Å². The van der Waals surface area contributed by atoms with Crippen molar-refractivity contribution in [2.24, 2.45) is 5.41 Å². The fraction of sp³-hybridized carbons (Fsp3) is 0.667. The lowest BCUT2D eigenvalue weighted by Crippen LogP contribution is -2.48. The number of amides is 2. The third-order valence-electron chi connectivity index (χ3n) is 4.81. The summed E-state index contributed by atoms with van der Waals surface area (Å²) < 4.78 is 1.97. The molecule has 0 N–H and O–H groups in total. The minimum Gasteiger partial charge on any atom is -0.333 e. The van der Waals surface area contributed by atoms with E-state index in [1.54, 1.807) is 6.20 Å². The van der Waals surface area contributed by atoms with Crippen LogP contribution >= 0.6 is 0 Å². The molecule has 1 aliphatic carbocycles. The van der Waals surface area contributed by atoms with Gasteiger partial charge in [-0.15, -0.1) is 0 Å². The van der Waals surface area contributed by atoms with Gasteiger partial charge in [0.2, 0.25) is 11.8 Å². The second kappa shape index (κ2) is 5.04. The van der Waals surface area contributed by atoms with Crippen molar-refractivity contribution >= 4 is 11.8 Å². The minimum absolute atomic E-state index is 0.00438. The molecule has 1 spiro atoms. The Morgan fingerprint density at radius 3 is 2.35 bits per heavy atom. The smallest absolute Gasteiger partial charge is 0.229 e. The minimum atomic E-state index is -0.00438. The summed E-state index contributed by atoms with van der Waals surface area (Å²) in [4.78, 5) is 30.2. The largest absolute Gasteiger partial charge is 0.333 e. The van der Waals surface area contributed by atoms with Crippen molar-refractivity contribution in [1.82, 2.24) is 14.5 Å². The average molecular weight is 275 g/mol. The summed E-state index contributed by atoms with van der Waals surface area (Å²) in [5, 5.41) is 0. The van der Waals surface area contributed by atoms with Gasteiger partial charge in [0, 0.05) is 38.3 Å². The molecule has 5 heteroatoms. The Bertz CT molecular complexity index is 509. The third kappa shape index (κ3) is 2.37. The van der Waals surface area contributed by atoms with Crippen molar-refractivity contribution < 1.29 is 9.59 Å². The number of carbonyl (C=O) groups excluding carboxylic acids is 2. The van der Waals surface area contributed by atoms with Crippen molar-refractivity contribution in [2.45, 2.75) is 52.0 Å². The van der Waals surface area contributed by atoms with E-state index < -0.39 is 0 Å². The highest BCUT2D eigenvalue weighted by Gasteiger charge is 2.44. The summed E-state index contributed by atoms with van der Waals surface area (Å²) in [6.07, 6.45) is 9.14. The SMILES string of the molecule is Cc1nccn1CCN1C(=O)CC2(CCCC2)CC1=O. The predicted molar refractivity (Wildman–Crippen MR) is 73.8 cm³/mol. The second-order valence-electron chi connectivity index (χ2n) is 6.17. The van der Waals surface area contributed by atoms with Crippen molar-refractivity contribution in [1.29, 1.82) is 0 Å². The number of rotatable bonds is 3. The Morgan fingerprint density at radius 1 is 1.15 bits per heavy atom. The van der Waals surface area contributed by atoms with Gasteiger partial charge >= 0.3 is 0 Å². The van der Waals surface area contributed by atoms with Crippen LogP contribution in [0.3, 0.4) is 0 Å². The highest BCUT2D eigenvalue weighted by molar-refractivity contribution is 5.98. The van der Waals surface area contributed by atoms with Crippen LogP contribution in [0.2, 0.25) is 0 Å². The standard InChI is InChI=1S/C15H21N3O2/c1-12-16-6-7-17(12)8-9-18-13(19)10-15(11-14(18)20)4-2-3-5-15/h6-7H,2-5,8-11H2,1H3. The van der Waals surface area contributed by atoms with Gasteiger partial charge in [-0.1, -0.05) is 12.8 Å². The molecule has 2 heterocycles. The summed E-state index contributed by atoms with van der Waals surface area (Å²) in [6, 6.07) is 0. The topological polar surface area (TPSA) is 55.2 Å². The van der Waals surface area contributed by atoms with Gasteiger partial charge in [0.25, 0.3) is 0 Å². The number of aromatic nitrogens is 2. The van der Waals surface area contributed by atoms with Crippen LogP contribution in [0.1, 0.15) is 44.3 Å². The van der Waals surface area contributed by atoms with Crippen molar-refractivity contribution in [2.75, 3.05) is 6.54 Å². The van der Waals surface area contributed by atoms with E-state index in [0.29, 0.717) is 25.9 Å². The predicted octanol–water partition coefficient (Wildman–Crippen LogP) is 1.90. The molecule has 1 saturated carbocycles. The normalized spacial score (nSPS) is 21.9. The first-order valence-electron chi connectivity index (χ1n) is 7.41. The van der Waals surface area contributed by atoms with Crippen LogP contribution in [0.25, 0.3) is 0 Å². The summed E-state index contributed by atoms with van der Waals surface area (Å²) in [7, 11) is 0. The molecule has 2 aliphatic rings. The zero-order valence-electron chi connectivity index (χ0n) is 12.0. The van der Waals surface area contributed by atoms with Gasteiger partial charge in [-0.25, -0.2) is 4.98 Å². The van der Waals surface area contributed by atoms with Gasteiger partial charge in [0.05, 0.1) is 0 Å². The molecule has 1 aromatic rings. The molecule has 0 radical (unpaired) electrons. The van der Waals surface area contributed by atoms with E-state index in [4.69, 9.17) is 0 Å². The van der Waals surface area contributed by atoms with E-state index in [0.717, 1.165) is 31.5 Å². The number of imide groups is 1. The van der Waals surface area contributed by atoms with Gasteiger partial charge in [0.15, 0.2) is 0 Å². The van der Waals surface area contributed by atoms with Crippen molar-refractivity contribution in [3.05, 3.63) is 18.2 Å². The number of carbonyl (C=O) groups is 2. The summed E-state index contributed by atoms with van der Waals surface area (Å²) in [6.45, 7) is 3.02. The van der Waals surface area contributed by atoms with Gasteiger partial charge in [-0.3, -0.25) is 14.5 Å². The maximum atomic E-state index is 12.3. The molecular formula is C15H21N3O2. The van der Waals surface area contributed by atoms with E-state index >= 15 is 0 Å². The lowest BCUT2D eigenvalue weighted by Gasteiger charge is -2.37. The first-order chi connectivity index (χ1) is 9.60. The number of nitrogens with zero attached hydrogens (tertiary/aromatic N) is 3. The number of aryl methyl sites for hydroxylation is 1. The Labute approximate surface area is 119 Å².